The molecule has 2 heterocycles. The third kappa shape index (κ3) is 4.17. The Hall–Kier alpha value is -3.61. The van der Waals surface area contributed by atoms with E-state index in [-0.39, 0.29) is 23.8 Å². The summed E-state index contributed by atoms with van der Waals surface area (Å²) < 4.78 is 7.84. The highest BCUT2D eigenvalue weighted by Gasteiger charge is 2.36. The summed E-state index contributed by atoms with van der Waals surface area (Å²) in [6.07, 6.45) is 4.24. The molecule has 0 saturated heterocycles. The van der Waals surface area contributed by atoms with E-state index in [2.05, 4.69) is 15.7 Å². The van der Waals surface area contributed by atoms with Crippen LogP contribution in [0.3, 0.4) is 0 Å². The van der Waals surface area contributed by atoms with Crippen molar-refractivity contribution in [3.63, 3.8) is 0 Å². The standard InChI is InChI=1S/C24H26N4O3/c1-15-21(17-7-5-4-6-8-17)19-11-18(12-20(22(19)31-15)24(30)25-2)23(29)26-10-9-16-13-27-28(3)14-16/h4-8,11-15,21H,9-10H2,1-3H3,(H,25,30)(H,26,29)/t15-,21+/m0/s1. The number of amides is 2. The molecule has 160 valence electrons. The molecule has 0 spiro atoms. The molecule has 1 aromatic heterocycles. The number of carbonyl (C=O) groups excluding carboxylic acids is 2. The molecule has 31 heavy (non-hydrogen) atoms. The summed E-state index contributed by atoms with van der Waals surface area (Å²) in [7, 11) is 3.43. The number of ether oxygens (including phenoxy) is 1. The van der Waals surface area contributed by atoms with Gasteiger partial charge in [0.2, 0.25) is 0 Å². The number of hydrogen-bond donors (Lipinski definition) is 2. The highest BCUT2D eigenvalue weighted by atomic mass is 16.5. The van der Waals surface area contributed by atoms with Crippen molar-refractivity contribution in [3.05, 3.63) is 82.7 Å². The van der Waals surface area contributed by atoms with Crippen LogP contribution in [-0.4, -0.2) is 41.3 Å². The van der Waals surface area contributed by atoms with Crippen LogP contribution in [0.4, 0.5) is 0 Å². The van der Waals surface area contributed by atoms with Crippen molar-refractivity contribution < 1.29 is 14.3 Å². The zero-order valence-corrected chi connectivity index (χ0v) is 17.9. The maximum atomic E-state index is 12.9. The number of aryl methyl sites for hydroxylation is 1. The molecule has 0 unspecified atom stereocenters. The lowest BCUT2D eigenvalue weighted by atomic mass is 9.87. The van der Waals surface area contributed by atoms with E-state index < -0.39 is 0 Å². The monoisotopic (exact) mass is 418 g/mol. The Balaban J connectivity index is 1.63. The van der Waals surface area contributed by atoms with Crippen LogP contribution in [-0.2, 0) is 13.5 Å². The molecule has 7 nitrogen and oxygen atoms in total. The SMILES string of the molecule is CNC(=O)c1cc(C(=O)NCCc2cnn(C)c2)cc2c1O[C@@H](C)[C@@H]2c1ccccc1. The number of hydrogen-bond acceptors (Lipinski definition) is 4. The topological polar surface area (TPSA) is 85.3 Å². The minimum Gasteiger partial charge on any atom is -0.489 e. The Bertz CT molecular complexity index is 1110. The Morgan fingerprint density at radius 1 is 1.16 bits per heavy atom. The number of nitrogens with one attached hydrogen (secondary N) is 2. The second kappa shape index (κ2) is 8.63. The molecule has 2 N–H and O–H groups in total. The first-order valence-electron chi connectivity index (χ1n) is 10.3. The van der Waals surface area contributed by atoms with Crippen LogP contribution >= 0.6 is 0 Å². The Labute approximate surface area is 181 Å². The Kier molecular flexibility index (Phi) is 5.75. The first-order valence-corrected chi connectivity index (χ1v) is 10.3. The van der Waals surface area contributed by atoms with Crippen molar-refractivity contribution in [3.8, 4) is 5.75 Å². The van der Waals surface area contributed by atoms with Crippen molar-refractivity contribution >= 4 is 11.8 Å². The second-order valence-corrected chi connectivity index (χ2v) is 7.76. The van der Waals surface area contributed by atoms with Gasteiger partial charge in [0.05, 0.1) is 11.8 Å². The first-order chi connectivity index (χ1) is 15.0. The minimum absolute atomic E-state index is 0.0530. The quantitative estimate of drug-likeness (QED) is 0.645. The first kappa shape index (κ1) is 20.7. The molecule has 1 aliphatic heterocycles. The molecule has 1 aliphatic rings. The van der Waals surface area contributed by atoms with Gasteiger partial charge in [-0.05, 0) is 36.6 Å². The summed E-state index contributed by atoms with van der Waals surface area (Å²) in [5, 5.41) is 9.75. The van der Waals surface area contributed by atoms with Gasteiger partial charge >= 0.3 is 0 Å². The summed E-state index contributed by atoms with van der Waals surface area (Å²) in [6, 6.07) is 13.5. The average Bonchev–Trinajstić information content (AvgIpc) is 3.34. The van der Waals surface area contributed by atoms with Crippen molar-refractivity contribution in [2.45, 2.75) is 25.4 Å². The third-order valence-electron chi connectivity index (χ3n) is 5.58. The molecule has 0 radical (unpaired) electrons. The largest absolute Gasteiger partial charge is 0.489 e. The summed E-state index contributed by atoms with van der Waals surface area (Å²) in [4.78, 5) is 25.5. The minimum atomic E-state index is -0.276. The maximum absolute atomic E-state index is 12.9. The second-order valence-electron chi connectivity index (χ2n) is 7.76. The van der Waals surface area contributed by atoms with Crippen LogP contribution in [0.5, 0.6) is 5.75 Å². The highest BCUT2D eigenvalue weighted by molar-refractivity contribution is 6.02. The van der Waals surface area contributed by atoms with Crippen molar-refractivity contribution in [1.29, 1.82) is 0 Å². The lowest BCUT2D eigenvalue weighted by Crippen LogP contribution is -2.26. The number of rotatable bonds is 6. The summed E-state index contributed by atoms with van der Waals surface area (Å²) in [5.41, 5.74) is 3.82. The molecule has 0 fully saturated rings. The zero-order valence-electron chi connectivity index (χ0n) is 17.9. The van der Waals surface area contributed by atoms with Crippen molar-refractivity contribution in [2.75, 3.05) is 13.6 Å². The van der Waals surface area contributed by atoms with Gasteiger partial charge in [-0.2, -0.15) is 5.10 Å². The van der Waals surface area contributed by atoms with Gasteiger partial charge in [0.25, 0.3) is 11.8 Å². The van der Waals surface area contributed by atoms with Crippen molar-refractivity contribution in [1.82, 2.24) is 20.4 Å². The van der Waals surface area contributed by atoms with E-state index in [9.17, 15) is 9.59 Å². The van der Waals surface area contributed by atoms with Gasteiger partial charge in [-0.1, -0.05) is 30.3 Å². The summed E-state index contributed by atoms with van der Waals surface area (Å²) in [5.74, 6) is 0.000687. The maximum Gasteiger partial charge on any atom is 0.254 e. The van der Waals surface area contributed by atoms with E-state index in [4.69, 9.17) is 4.74 Å². The van der Waals surface area contributed by atoms with Gasteiger partial charge in [-0.15, -0.1) is 0 Å². The van der Waals surface area contributed by atoms with Crippen LogP contribution in [0.25, 0.3) is 0 Å². The summed E-state index contributed by atoms with van der Waals surface area (Å²) >= 11 is 0. The van der Waals surface area contributed by atoms with Gasteiger partial charge in [0, 0.05) is 43.9 Å². The Morgan fingerprint density at radius 2 is 1.94 bits per heavy atom. The molecule has 7 heteroatoms. The number of aromatic nitrogens is 2. The van der Waals surface area contributed by atoms with Gasteiger partial charge < -0.3 is 15.4 Å². The lowest BCUT2D eigenvalue weighted by Gasteiger charge is -2.15. The number of carbonyl (C=O) groups is 2. The molecular weight excluding hydrogens is 392 g/mol. The van der Waals surface area contributed by atoms with E-state index in [1.54, 1.807) is 24.0 Å². The fourth-order valence-corrected chi connectivity index (χ4v) is 4.09. The summed E-state index contributed by atoms with van der Waals surface area (Å²) in [6.45, 7) is 2.46. The molecule has 2 amide bonds. The van der Waals surface area contributed by atoms with Crippen LogP contribution in [0.15, 0.2) is 54.9 Å². The normalized spacial score (nSPS) is 17.0. The zero-order chi connectivity index (χ0) is 22.0. The van der Waals surface area contributed by atoms with Crippen LogP contribution in [0.2, 0.25) is 0 Å². The van der Waals surface area contributed by atoms with E-state index in [1.165, 1.54) is 0 Å². The van der Waals surface area contributed by atoms with Crippen molar-refractivity contribution in [2.24, 2.45) is 7.05 Å². The lowest BCUT2D eigenvalue weighted by molar-refractivity contribution is 0.0954. The van der Waals surface area contributed by atoms with E-state index in [1.807, 2.05) is 56.6 Å². The molecular formula is C24H26N4O3. The molecule has 0 bridgehead atoms. The molecule has 2 aromatic carbocycles. The number of benzene rings is 2. The molecule has 4 rings (SSSR count). The fraction of sp³-hybridized carbons (Fsp3) is 0.292. The van der Waals surface area contributed by atoms with E-state index in [0.29, 0.717) is 29.8 Å². The average molecular weight is 418 g/mol. The molecule has 0 aliphatic carbocycles. The smallest absolute Gasteiger partial charge is 0.254 e. The third-order valence-corrected chi connectivity index (χ3v) is 5.58. The molecule has 2 atom stereocenters. The van der Waals surface area contributed by atoms with Gasteiger partial charge in [-0.25, -0.2) is 0 Å². The van der Waals surface area contributed by atoms with Gasteiger partial charge in [0.15, 0.2) is 0 Å². The van der Waals surface area contributed by atoms with E-state index >= 15 is 0 Å². The van der Waals surface area contributed by atoms with E-state index in [0.717, 1.165) is 16.7 Å². The predicted octanol–water partition coefficient (Wildman–Crippen LogP) is 2.67. The van der Waals surface area contributed by atoms with Gasteiger partial charge in [0.1, 0.15) is 11.9 Å². The van der Waals surface area contributed by atoms with Crippen LogP contribution in [0, 0.1) is 0 Å². The van der Waals surface area contributed by atoms with Gasteiger partial charge in [-0.3, -0.25) is 14.3 Å². The van der Waals surface area contributed by atoms with Crippen LogP contribution in [0.1, 0.15) is 50.2 Å². The fourth-order valence-electron chi connectivity index (χ4n) is 4.09. The van der Waals surface area contributed by atoms with Crippen LogP contribution < -0.4 is 15.4 Å². The Morgan fingerprint density at radius 3 is 2.61 bits per heavy atom. The highest BCUT2D eigenvalue weighted by Crippen LogP contribution is 2.44. The molecule has 3 aromatic rings. The predicted molar refractivity (Wildman–Crippen MR) is 117 cm³/mol. The number of fused-ring (bicyclic) bond motifs is 1. The molecule has 0 saturated carbocycles. The number of nitrogens with zero attached hydrogens (tertiary/aromatic N) is 2.